The van der Waals surface area contributed by atoms with Crippen LogP contribution in [0.5, 0.6) is 0 Å². The van der Waals surface area contributed by atoms with Crippen LogP contribution in [0.2, 0.25) is 0 Å². The van der Waals surface area contributed by atoms with Gasteiger partial charge in [-0.1, -0.05) is 56.3 Å². The summed E-state index contributed by atoms with van der Waals surface area (Å²) in [5.41, 5.74) is 4.15. The van der Waals surface area contributed by atoms with E-state index in [2.05, 4.69) is 58.3 Å². The first-order valence-electron chi connectivity index (χ1n) is 10.6. The Labute approximate surface area is 178 Å². The lowest BCUT2D eigenvalue weighted by Gasteiger charge is -2.32. The van der Waals surface area contributed by atoms with Crippen LogP contribution in [-0.4, -0.2) is 29.0 Å². The van der Waals surface area contributed by atoms with Gasteiger partial charge in [0.2, 0.25) is 5.91 Å². The number of anilines is 2. The molecule has 30 heavy (non-hydrogen) atoms. The number of amides is 1. The summed E-state index contributed by atoms with van der Waals surface area (Å²) in [5.74, 6) is 1.55. The molecule has 2 aromatic carbocycles. The number of carbonyl (C=O) groups excluding carboxylic acids is 1. The number of benzene rings is 2. The van der Waals surface area contributed by atoms with Crippen molar-refractivity contribution in [2.75, 3.05) is 23.3 Å². The number of rotatable bonds is 5. The van der Waals surface area contributed by atoms with Crippen molar-refractivity contribution in [1.82, 2.24) is 9.97 Å². The van der Waals surface area contributed by atoms with Crippen molar-refractivity contribution >= 4 is 17.4 Å². The summed E-state index contributed by atoms with van der Waals surface area (Å²) in [6.45, 7) is 5.97. The van der Waals surface area contributed by atoms with Crippen LogP contribution < -0.4 is 10.2 Å². The number of piperidine rings is 1. The van der Waals surface area contributed by atoms with Crippen molar-refractivity contribution in [3.63, 3.8) is 0 Å². The lowest BCUT2D eigenvalue weighted by Crippen LogP contribution is -2.38. The molecule has 1 N–H and O–H groups in total. The second-order valence-corrected chi connectivity index (χ2v) is 8.15. The summed E-state index contributed by atoms with van der Waals surface area (Å²) in [7, 11) is 0. The van der Waals surface area contributed by atoms with E-state index in [0.717, 1.165) is 48.7 Å². The molecule has 0 saturated carbocycles. The zero-order valence-electron chi connectivity index (χ0n) is 17.6. The molecule has 1 fully saturated rings. The van der Waals surface area contributed by atoms with Crippen molar-refractivity contribution < 1.29 is 4.79 Å². The molecule has 4 rings (SSSR count). The number of hydrogen-bond acceptors (Lipinski definition) is 4. The molecular weight excluding hydrogens is 372 g/mol. The molecule has 1 saturated heterocycles. The summed E-state index contributed by atoms with van der Waals surface area (Å²) in [4.78, 5) is 23.8. The molecule has 0 spiro atoms. The van der Waals surface area contributed by atoms with Crippen LogP contribution in [0.3, 0.4) is 0 Å². The first-order valence-corrected chi connectivity index (χ1v) is 10.6. The molecule has 2 heterocycles. The summed E-state index contributed by atoms with van der Waals surface area (Å²) in [5, 5.41) is 3.08. The van der Waals surface area contributed by atoms with E-state index in [4.69, 9.17) is 0 Å². The second kappa shape index (κ2) is 9.08. The fourth-order valence-corrected chi connectivity index (χ4v) is 3.85. The summed E-state index contributed by atoms with van der Waals surface area (Å²) in [6.07, 6.45) is 3.26. The number of hydrogen-bond donors (Lipinski definition) is 1. The molecule has 3 aromatic rings. The summed E-state index contributed by atoms with van der Waals surface area (Å²) < 4.78 is 0. The lowest BCUT2D eigenvalue weighted by molar-refractivity contribution is -0.120. The van der Waals surface area contributed by atoms with Crippen molar-refractivity contribution in [2.24, 2.45) is 5.92 Å². The smallest absolute Gasteiger partial charge is 0.227 e. The maximum absolute atomic E-state index is 12.7. The zero-order valence-corrected chi connectivity index (χ0v) is 17.6. The number of aromatic nitrogens is 2. The molecule has 1 aliphatic rings. The highest BCUT2D eigenvalue weighted by molar-refractivity contribution is 5.92. The largest absolute Gasteiger partial charge is 0.356 e. The van der Waals surface area contributed by atoms with E-state index in [1.807, 2.05) is 36.4 Å². The Kier molecular flexibility index (Phi) is 6.07. The van der Waals surface area contributed by atoms with Crippen LogP contribution in [0.15, 0.2) is 67.0 Å². The van der Waals surface area contributed by atoms with E-state index >= 15 is 0 Å². The highest BCUT2D eigenvalue weighted by Crippen LogP contribution is 2.26. The van der Waals surface area contributed by atoms with Gasteiger partial charge in [0, 0.05) is 36.3 Å². The standard InChI is InChI=1S/C25H28N4O/c1-18(2)19-8-10-22(11-9-19)28-25(30)21-12-14-29(15-13-21)24-16-23(26-17-27-24)20-6-4-3-5-7-20/h3-11,16-18,21H,12-15H2,1-2H3,(H,28,30). The minimum Gasteiger partial charge on any atom is -0.356 e. The molecule has 1 aliphatic heterocycles. The molecular formula is C25H28N4O. The Bertz CT molecular complexity index is 978. The van der Waals surface area contributed by atoms with Gasteiger partial charge >= 0.3 is 0 Å². The Morgan fingerprint density at radius 3 is 2.37 bits per heavy atom. The van der Waals surface area contributed by atoms with Crippen LogP contribution in [0, 0.1) is 5.92 Å². The van der Waals surface area contributed by atoms with E-state index in [9.17, 15) is 4.79 Å². The highest BCUT2D eigenvalue weighted by Gasteiger charge is 2.26. The fraction of sp³-hybridized carbons (Fsp3) is 0.320. The van der Waals surface area contributed by atoms with E-state index in [0.29, 0.717) is 5.92 Å². The predicted octanol–water partition coefficient (Wildman–Crippen LogP) is 5.12. The van der Waals surface area contributed by atoms with Crippen LogP contribution in [0.1, 0.15) is 38.2 Å². The minimum absolute atomic E-state index is 0.0291. The Morgan fingerprint density at radius 2 is 1.70 bits per heavy atom. The maximum atomic E-state index is 12.7. The van der Waals surface area contributed by atoms with Crippen LogP contribution in [0.25, 0.3) is 11.3 Å². The van der Waals surface area contributed by atoms with Gasteiger partial charge in [-0.25, -0.2) is 9.97 Å². The monoisotopic (exact) mass is 400 g/mol. The topological polar surface area (TPSA) is 58.1 Å². The molecule has 1 aromatic heterocycles. The van der Waals surface area contributed by atoms with E-state index in [1.165, 1.54) is 5.56 Å². The number of nitrogens with one attached hydrogen (secondary N) is 1. The molecule has 0 radical (unpaired) electrons. The van der Waals surface area contributed by atoms with E-state index in [1.54, 1.807) is 6.33 Å². The Morgan fingerprint density at radius 1 is 1.00 bits per heavy atom. The number of carbonyl (C=O) groups is 1. The molecule has 5 heteroatoms. The molecule has 0 aliphatic carbocycles. The summed E-state index contributed by atoms with van der Waals surface area (Å²) in [6, 6.07) is 20.3. The third-order valence-corrected chi connectivity index (χ3v) is 5.76. The van der Waals surface area contributed by atoms with Crippen molar-refractivity contribution in [3.05, 3.63) is 72.6 Å². The molecule has 154 valence electrons. The van der Waals surface area contributed by atoms with Gasteiger partial charge in [-0.3, -0.25) is 4.79 Å². The van der Waals surface area contributed by atoms with Gasteiger partial charge in [-0.05, 0) is 36.5 Å². The van der Waals surface area contributed by atoms with Crippen molar-refractivity contribution in [1.29, 1.82) is 0 Å². The first kappa shape index (κ1) is 20.1. The third kappa shape index (κ3) is 4.67. The SMILES string of the molecule is CC(C)c1ccc(NC(=O)C2CCN(c3cc(-c4ccccc4)ncn3)CC2)cc1. The highest BCUT2D eigenvalue weighted by atomic mass is 16.1. The van der Waals surface area contributed by atoms with Gasteiger partial charge < -0.3 is 10.2 Å². The van der Waals surface area contributed by atoms with Gasteiger partial charge in [0.15, 0.2) is 0 Å². The van der Waals surface area contributed by atoms with Gasteiger partial charge in [0.05, 0.1) is 5.69 Å². The molecule has 1 amide bonds. The zero-order chi connectivity index (χ0) is 20.9. The second-order valence-electron chi connectivity index (χ2n) is 8.15. The van der Waals surface area contributed by atoms with Gasteiger partial charge in [-0.15, -0.1) is 0 Å². The van der Waals surface area contributed by atoms with E-state index in [-0.39, 0.29) is 11.8 Å². The third-order valence-electron chi connectivity index (χ3n) is 5.76. The number of nitrogens with zero attached hydrogens (tertiary/aromatic N) is 3. The molecule has 0 atom stereocenters. The van der Waals surface area contributed by atoms with Crippen molar-refractivity contribution in [3.8, 4) is 11.3 Å². The quantitative estimate of drug-likeness (QED) is 0.646. The van der Waals surface area contributed by atoms with Crippen LogP contribution >= 0.6 is 0 Å². The fourth-order valence-electron chi connectivity index (χ4n) is 3.85. The molecule has 0 unspecified atom stereocenters. The average Bonchev–Trinajstić information content (AvgIpc) is 2.80. The van der Waals surface area contributed by atoms with Gasteiger partial charge in [0.25, 0.3) is 0 Å². The Hall–Kier alpha value is -3.21. The van der Waals surface area contributed by atoms with Gasteiger partial charge in [-0.2, -0.15) is 0 Å². The average molecular weight is 401 g/mol. The predicted molar refractivity (Wildman–Crippen MR) is 122 cm³/mol. The van der Waals surface area contributed by atoms with Crippen LogP contribution in [0.4, 0.5) is 11.5 Å². The summed E-state index contributed by atoms with van der Waals surface area (Å²) >= 11 is 0. The minimum atomic E-state index is 0.0291. The van der Waals surface area contributed by atoms with Gasteiger partial charge in [0.1, 0.15) is 12.1 Å². The first-order chi connectivity index (χ1) is 14.6. The lowest BCUT2D eigenvalue weighted by atomic mass is 9.95. The van der Waals surface area contributed by atoms with Crippen LogP contribution in [-0.2, 0) is 4.79 Å². The molecule has 5 nitrogen and oxygen atoms in total. The van der Waals surface area contributed by atoms with Crippen molar-refractivity contribution in [2.45, 2.75) is 32.6 Å². The van der Waals surface area contributed by atoms with E-state index < -0.39 is 0 Å². The Balaban J connectivity index is 1.35. The normalized spacial score (nSPS) is 14.7. The maximum Gasteiger partial charge on any atom is 0.227 e. The molecule has 0 bridgehead atoms.